The summed E-state index contributed by atoms with van der Waals surface area (Å²) in [4.78, 5) is 10.3. The lowest BCUT2D eigenvalue weighted by Gasteiger charge is -1.99. The third-order valence-electron chi connectivity index (χ3n) is 4.21. The van der Waals surface area contributed by atoms with E-state index in [2.05, 4.69) is 26.0 Å². The summed E-state index contributed by atoms with van der Waals surface area (Å²) in [6.45, 7) is 5.23. The molecule has 3 heteroatoms. The highest BCUT2D eigenvalue weighted by molar-refractivity contribution is 5.66. The minimum atomic E-state index is -0.664. The Morgan fingerprint density at radius 1 is 0.720 bits per heavy atom. The molecule has 0 aliphatic rings. The quantitative estimate of drug-likeness (QED) is 0.221. The zero-order valence-corrected chi connectivity index (χ0v) is 17.1. The molecule has 0 saturated heterocycles. The minimum Gasteiger partial charge on any atom is -0.481 e. The van der Waals surface area contributed by atoms with Gasteiger partial charge in [0.25, 0.3) is 0 Å². The summed E-state index contributed by atoms with van der Waals surface area (Å²) < 4.78 is 0. The number of carboxylic acids is 1. The second kappa shape index (κ2) is 25.4. The number of hydrogen-bond donors (Lipinski definition) is 2. The molecule has 0 aliphatic heterocycles. The average Bonchev–Trinajstić information content (AvgIpc) is 2.59. The summed E-state index contributed by atoms with van der Waals surface area (Å²) in [5, 5.41) is 8.51. The van der Waals surface area contributed by atoms with Gasteiger partial charge in [0.1, 0.15) is 0 Å². The van der Waals surface area contributed by atoms with E-state index in [1.165, 1.54) is 83.5 Å². The topological polar surface area (TPSA) is 63.3 Å². The van der Waals surface area contributed by atoms with Crippen molar-refractivity contribution in [3.05, 3.63) is 12.2 Å². The lowest BCUT2D eigenvalue weighted by Crippen LogP contribution is -1.95. The summed E-state index contributed by atoms with van der Waals surface area (Å²) in [6.07, 6.45) is 23.6. The van der Waals surface area contributed by atoms with Crippen LogP contribution in [0.1, 0.15) is 117 Å². The van der Waals surface area contributed by atoms with Crippen molar-refractivity contribution in [1.29, 1.82) is 0 Å². The van der Waals surface area contributed by atoms with Gasteiger partial charge in [-0.25, -0.2) is 0 Å². The van der Waals surface area contributed by atoms with Crippen LogP contribution >= 0.6 is 0 Å². The zero-order chi connectivity index (χ0) is 19.0. The fourth-order valence-electron chi connectivity index (χ4n) is 2.55. The first-order valence-corrected chi connectivity index (χ1v) is 10.8. The van der Waals surface area contributed by atoms with Crippen LogP contribution in [0.15, 0.2) is 12.2 Å². The normalized spacial score (nSPS) is 10.7. The van der Waals surface area contributed by atoms with E-state index in [4.69, 9.17) is 10.8 Å². The summed E-state index contributed by atoms with van der Waals surface area (Å²) in [6, 6.07) is 0. The smallest absolute Gasteiger partial charge is 0.303 e. The molecule has 0 amide bonds. The molecule has 0 radical (unpaired) electrons. The van der Waals surface area contributed by atoms with Crippen LogP contribution in [0, 0.1) is 0 Å². The van der Waals surface area contributed by atoms with Crippen molar-refractivity contribution in [2.24, 2.45) is 5.73 Å². The SMILES string of the molecule is CCCCCCCCC=CCCCCCCCC(=O)O.CCCCN. The van der Waals surface area contributed by atoms with Crippen molar-refractivity contribution in [2.75, 3.05) is 6.54 Å². The molecule has 0 rings (SSSR count). The first-order chi connectivity index (χ1) is 12.2. The van der Waals surface area contributed by atoms with Crippen molar-refractivity contribution < 1.29 is 9.90 Å². The van der Waals surface area contributed by atoms with Gasteiger partial charge in [-0.3, -0.25) is 4.79 Å². The Balaban J connectivity index is 0. The summed E-state index contributed by atoms with van der Waals surface area (Å²) in [5.74, 6) is -0.664. The van der Waals surface area contributed by atoms with Crippen molar-refractivity contribution >= 4 is 5.97 Å². The monoisotopic (exact) mass is 355 g/mol. The average molecular weight is 356 g/mol. The van der Waals surface area contributed by atoms with Crippen LogP contribution in [-0.2, 0) is 4.79 Å². The number of carbonyl (C=O) groups is 1. The number of aliphatic carboxylic acids is 1. The van der Waals surface area contributed by atoms with Crippen molar-refractivity contribution in [1.82, 2.24) is 0 Å². The fourth-order valence-corrected chi connectivity index (χ4v) is 2.55. The van der Waals surface area contributed by atoms with Gasteiger partial charge >= 0.3 is 5.97 Å². The maximum Gasteiger partial charge on any atom is 0.303 e. The van der Waals surface area contributed by atoms with Crippen molar-refractivity contribution in [3.63, 3.8) is 0 Å². The number of rotatable bonds is 17. The standard InChI is InChI=1S/C18H34O2.C4H11N/c1-2-3-4-5-6-7-8-9-10-11-12-13-14-15-16-17-18(19)20;1-2-3-4-5/h9-10H,2-8,11-17H2,1H3,(H,19,20);2-5H2,1H3. The van der Waals surface area contributed by atoms with Crippen molar-refractivity contribution in [2.45, 2.75) is 117 Å². The van der Waals surface area contributed by atoms with Gasteiger partial charge in [0.05, 0.1) is 0 Å². The Hall–Kier alpha value is -0.830. The molecule has 3 nitrogen and oxygen atoms in total. The molecule has 0 aliphatic carbocycles. The number of hydrogen-bond acceptors (Lipinski definition) is 2. The van der Waals surface area contributed by atoms with Crippen LogP contribution in [0.3, 0.4) is 0 Å². The molecule has 0 aromatic rings. The predicted molar refractivity (Wildman–Crippen MR) is 111 cm³/mol. The molecule has 150 valence electrons. The van der Waals surface area contributed by atoms with Gasteiger partial charge < -0.3 is 10.8 Å². The van der Waals surface area contributed by atoms with E-state index in [0.29, 0.717) is 6.42 Å². The minimum absolute atomic E-state index is 0.332. The van der Waals surface area contributed by atoms with Crippen LogP contribution < -0.4 is 5.73 Å². The second-order valence-electron chi connectivity index (χ2n) is 6.87. The highest BCUT2D eigenvalue weighted by Crippen LogP contribution is 2.09. The van der Waals surface area contributed by atoms with E-state index < -0.39 is 5.97 Å². The number of allylic oxidation sites excluding steroid dienone is 2. The third kappa shape index (κ3) is 31.5. The molecule has 0 aromatic heterocycles. The van der Waals surface area contributed by atoms with Crippen LogP contribution in [-0.4, -0.2) is 17.6 Å². The molecule has 0 fully saturated rings. The molecule has 25 heavy (non-hydrogen) atoms. The van der Waals surface area contributed by atoms with E-state index in [-0.39, 0.29) is 0 Å². The first kappa shape index (κ1) is 26.4. The lowest BCUT2D eigenvalue weighted by atomic mass is 10.1. The van der Waals surface area contributed by atoms with Crippen LogP contribution in [0.5, 0.6) is 0 Å². The Morgan fingerprint density at radius 3 is 1.56 bits per heavy atom. The van der Waals surface area contributed by atoms with E-state index >= 15 is 0 Å². The van der Waals surface area contributed by atoms with E-state index in [9.17, 15) is 4.79 Å². The Morgan fingerprint density at radius 2 is 1.16 bits per heavy atom. The molecule has 0 unspecified atom stereocenters. The molecule has 0 bridgehead atoms. The van der Waals surface area contributed by atoms with E-state index in [1.54, 1.807) is 0 Å². The molecule has 0 saturated carbocycles. The van der Waals surface area contributed by atoms with Gasteiger partial charge in [-0.15, -0.1) is 0 Å². The fraction of sp³-hybridized carbons (Fsp3) is 0.864. The van der Waals surface area contributed by atoms with Crippen molar-refractivity contribution in [3.8, 4) is 0 Å². The van der Waals surface area contributed by atoms with Gasteiger partial charge in [0, 0.05) is 6.42 Å². The zero-order valence-electron chi connectivity index (χ0n) is 17.1. The molecule has 0 atom stereocenters. The van der Waals surface area contributed by atoms with Crippen LogP contribution in [0.4, 0.5) is 0 Å². The highest BCUT2D eigenvalue weighted by atomic mass is 16.4. The molecule has 0 aromatic carbocycles. The summed E-state index contributed by atoms with van der Waals surface area (Å²) in [5.41, 5.74) is 5.14. The van der Waals surface area contributed by atoms with Crippen LogP contribution in [0.2, 0.25) is 0 Å². The Kier molecular flexibility index (Phi) is 26.8. The van der Waals surface area contributed by atoms with Gasteiger partial charge in [0.2, 0.25) is 0 Å². The number of nitrogens with two attached hydrogens (primary N) is 1. The largest absolute Gasteiger partial charge is 0.481 e. The third-order valence-corrected chi connectivity index (χ3v) is 4.21. The molecule has 3 N–H and O–H groups in total. The Labute approximate surface area is 157 Å². The lowest BCUT2D eigenvalue weighted by molar-refractivity contribution is -0.137. The molecular formula is C22H45NO2. The summed E-state index contributed by atoms with van der Waals surface area (Å²) >= 11 is 0. The highest BCUT2D eigenvalue weighted by Gasteiger charge is 1.95. The van der Waals surface area contributed by atoms with Crippen LogP contribution in [0.25, 0.3) is 0 Å². The first-order valence-electron chi connectivity index (χ1n) is 10.8. The van der Waals surface area contributed by atoms with Gasteiger partial charge in [-0.05, 0) is 45.1 Å². The molecule has 0 spiro atoms. The predicted octanol–water partition coefficient (Wildman–Crippen LogP) is 6.85. The number of unbranched alkanes of at least 4 members (excludes halogenated alkanes) is 12. The van der Waals surface area contributed by atoms with Gasteiger partial charge in [-0.1, -0.05) is 83.8 Å². The van der Waals surface area contributed by atoms with Gasteiger partial charge in [0.15, 0.2) is 0 Å². The second-order valence-corrected chi connectivity index (χ2v) is 6.87. The van der Waals surface area contributed by atoms with E-state index in [1.807, 2.05) is 0 Å². The maximum atomic E-state index is 10.3. The Bertz CT molecular complexity index is 275. The van der Waals surface area contributed by atoms with E-state index in [0.717, 1.165) is 19.4 Å². The summed E-state index contributed by atoms with van der Waals surface area (Å²) in [7, 11) is 0. The molecule has 0 heterocycles. The van der Waals surface area contributed by atoms with Gasteiger partial charge in [-0.2, -0.15) is 0 Å². The maximum absolute atomic E-state index is 10.3. The molecular weight excluding hydrogens is 310 g/mol. The number of carboxylic acid groups (broad SMARTS) is 1.